The molecule has 0 spiro atoms. The number of aliphatic hydroxyl groups is 2. The summed E-state index contributed by atoms with van der Waals surface area (Å²) in [5.74, 6) is 0.372. The van der Waals surface area contributed by atoms with Gasteiger partial charge in [-0.1, -0.05) is 23.7 Å². The van der Waals surface area contributed by atoms with E-state index in [1.54, 1.807) is 36.5 Å². The van der Waals surface area contributed by atoms with Gasteiger partial charge in [0.05, 0.1) is 12.6 Å². The van der Waals surface area contributed by atoms with Crippen LogP contribution in [0.3, 0.4) is 0 Å². The molecule has 0 aliphatic rings. The molecule has 0 unspecified atom stereocenters. The average molecular weight is 294 g/mol. The molecule has 0 saturated heterocycles. The lowest BCUT2D eigenvalue weighted by Crippen LogP contribution is -2.32. The van der Waals surface area contributed by atoms with E-state index in [9.17, 15) is 10.2 Å². The van der Waals surface area contributed by atoms with Gasteiger partial charge in [-0.05, 0) is 30.7 Å². The Hall–Kier alpha value is -1.69. The number of aryl methyl sites for hydroxylation is 1. The maximum Gasteiger partial charge on any atom is 0.223 e. The summed E-state index contributed by atoms with van der Waals surface area (Å²) >= 11 is 5.81. The normalized spacial score (nSPS) is 13.8. The first kappa shape index (κ1) is 14.7. The first-order chi connectivity index (χ1) is 9.60. The minimum Gasteiger partial charge on any atom is -0.394 e. The van der Waals surface area contributed by atoms with E-state index in [2.05, 4.69) is 15.3 Å². The lowest BCUT2D eigenvalue weighted by Gasteiger charge is -2.22. The molecule has 3 N–H and O–H groups in total. The molecular formula is C14H16ClN3O2. The Balaban J connectivity index is 2.13. The zero-order chi connectivity index (χ0) is 14.5. The molecule has 2 aromatic rings. The van der Waals surface area contributed by atoms with Crippen LogP contribution in [0.5, 0.6) is 0 Å². The third kappa shape index (κ3) is 3.66. The van der Waals surface area contributed by atoms with Crippen molar-refractivity contribution in [2.24, 2.45) is 0 Å². The molecule has 6 heteroatoms. The van der Waals surface area contributed by atoms with Crippen molar-refractivity contribution < 1.29 is 10.2 Å². The molecule has 5 nitrogen and oxygen atoms in total. The van der Waals surface area contributed by atoms with E-state index in [-0.39, 0.29) is 6.61 Å². The second kappa shape index (κ2) is 6.65. The zero-order valence-electron chi connectivity index (χ0n) is 11.0. The highest BCUT2D eigenvalue weighted by molar-refractivity contribution is 6.30. The molecule has 0 aliphatic carbocycles. The molecule has 1 heterocycles. The van der Waals surface area contributed by atoms with Crippen molar-refractivity contribution in [3.63, 3.8) is 0 Å². The van der Waals surface area contributed by atoms with Crippen LogP contribution >= 0.6 is 11.6 Å². The summed E-state index contributed by atoms with van der Waals surface area (Å²) in [6, 6.07) is 7.99. The predicted molar refractivity (Wildman–Crippen MR) is 77.7 cm³/mol. The van der Waals surface area contributed by atoms with Gasteiger partial charge in [-0.2, -0.15) is 0 Å². The molecule has 2 rings (SSSR count). The number of hydrogen-bond donors (Lipinski definition) is 3. The Morgan fingerprint density at radius 1 is 1.25 bits per heavy atom. The van der Waals surface area contributed by atoms with Crippen LogP contribution in [0.15, 0.2) is 36.5 Å². The SMILES string of the molecule is Cc1ccnc(N[C@@H](CO)[C@H](O)c2ccc(Cl)cc2)n1. The minimum atomic E-state index is -0.888. The van der Waals surface area contributed by atoms with Gasteiger partial charge in [-0.15, -0.1) is 0 Å². The van der Waals surface area contributed by atoms with E-state index < -0.39 is 12.1 Å². The number of halogens is 1. The predicted octanol–water partition coefficient (Wildman–Crippen LogP) is 1.94. The fourth-order valence-corrected chi connectivity index (χ4v) is 1.93. The van der Waals surface area contributed by atoms with E-state index in [0.717, 1.165) is 5.69 Å². The number of hydrogen-bond acceptors (Lipinski definition) is 5. The maximum atomic E-state index is 10.3. The van der Waals surface area contributed by atoms with Crippen LogP contribution in [0.25, 0.3) is 0 Å². The molecule has 0 amide bonds. The second-order valence-electron chi connectivity index (χ2n) is 4.45. The summed E-state index contributed by atoms with van der Waals surface area (Å²) in [5, 5.41) is 23.2. The van der Waals surface area contributed by atoms with Gasteiger partial charge >= 0.3 is 0 Å². The third-order valence-corrected chi connectivity index (χ3v) is 3.15. The zero-order valence-corrected chi connectivity index (χ0v) is 11.7. The van der Waals surface area contributed by atoms with Crippen molar-refractivity contribution in [3.05, 3.63) is 52.8 Å². The number of anilines is 1. The number of nitrogens with one attached hydrogen (secondary N) is 1. The van der Waals surface area contributed by atoms with E-state index in [1.807, 2.05) is 6.92 Å². The molecule has 106 valence electrons. The number of nitrogens with zero attached hydrogens (tertiary/aromatic N) is 2. The Labute approximate surface area is 122 Å². The standard InChI is InChI=1S/C14H16ClN3O2/c1-9-6-7-16-14(17-9)18-12(8-19)13(20)10-2-4-11(15)5-3-10/h2-7,12-13,19-20H,8H2,1H3,(H,16,17,18)/t12-,13+/m0/s1. The summed E-state index contributed by atoms with van der Waals surface area (Å²) in [6.07, 6.45) is 0.731. The van der Waals surface area contributed by atoms with E-state index in [0.29, 0.717) is 16.5 Å². The van der Waals surface area contributed by atoms with Gasteiger partial charge in [0.2, 0.25) is 5.95 Å². The van der Waals surface area contributed by atoms with Gasteiger partial charge in [0.15, 0.2) is 0 Å². The van der Waals surface area contributed by atoms with E-state index >= 15 is 0 Å². The fraction of sp³-hybridized carbons (Fsp3) is 0.286. The Kier molecular flexibility index (Phi) is 4.89. The smallest absolute Gasteiger partial charge is 0.223 e. The van der Waals surface area contributed by atoms with Crippen LogP contribution < -0.4 is 5.32 Å². The van der Waals surface area contributed by atoms with Crippen LogP contribution in [0.4, 0.5) is 5.95 Å². The van der Waals surface area contributed by atoms with Crippen LogP contribution in [-0.2, 0) is 0 Å². The number of benzene rings is 1. The van der Waals surface area contributed by atoms with Gasteiger partial charge in [0.1, 0.15) is 6.10 Å². The number of rotatable bonds is 5. The van der Waals surface area contributed by atoms with Gasteiger partial charge in [-0.25, -0.2) is 9.97 Å². The molecule has 0 saturated carbocycles. The molecular weight excluding hydrogens is 278 g/mol. The topological polar surface area (TPSA) is 78.3 Å². The monoisotopic (exact) mass is 293 g/mol. The highest BCUT2D eigenvalue weighted by Crippen LogP contribution is 2.21. The van der Waals surface area contributed by atoms with Crippen molar-refractivity contribution in [2.45, 2.75) is 19.1 Å². The largest absolute Gasteiger partial charge is 0.394 e. The van der Waals surface area contributed by atoms with Gasteiger partial charge in [0, 0.05) is 16.9 Å². The fourth-order valence-electron chi connectivity index (χ4n) is 1.80. The highest BCUT2D eigenvalue weighted by Gasteiger charge is 2.21. The number of aromatic nitrogens is 2. The molecule has 1 aromatic heterocycles. The average Bonchev–Trinajstić information content (AvgIpc) is 2.45. The van der Waals surface area contributed by atoms with Crippen LogP contribution in [-0.4, -0.2) is 32.8 Å². The van der Waals surface area contributed by atoms with Crippen molar-refractivity contribution in [3.8, 4) is 0 Å². The van der Waals surface area contributed by atoms with Crippen LogP contribution in [0.2, 0.25) is 5.02 Å². The molecule has 2 atom stereocenters. The summed E-state index contributed by atoms with van der Waals surface area (Å²) in [7, 11) is 0. The molecule has 20 heavy (non-hydrogen) atoms. The maximum absolute atomic E-state index is 10.3. The van der Waals surface area contributed by atoms with Crippen molar-refractivity contribution in [2.75, 3.05) is 11.9 Å². The summed E-state index contributed by atoms with van der Waals surface area (Å²) in [5.41, 5.74) is 1.47. The first-order valence-electron chi connectivity index (χ1n) is 6.20. The summed E-state index contributed by atoms with van der Waals surface area (Å²) in [4.78, 5) is 8.24. The van der Waals surface area contributed by atoms with Gasteiger partial charge in [-0.3, -0.25) is 0 Å². The van der Waals surface area contributed by atoms with Crippen molar-refractivity contribution in [1.29, 1.82) is 0 Å². The van der Waals surface area contributed by atoms with Crippen LogP contribution in [0.1, 0.15) is 17.4 Å². The lowest BCUT2D eigenvalue weighted by molar-refractivity contribution is 0.118. The highest BCUT2D eigenvalue weighted by atomic mass is 35.5. The third-order valence-electron chi connectivity index (χ3n) is 2.90. The van der Waals surface area contributed by atoms with Crippen molar-refractivity contribution >= 4 is 17.5 Å². The number of aliphatic hydroxyl groups excluding tert-OH is 2. The minimum absolute atomic E-state index is 0.249. The van der Waals surface area contributed by atoms with Gasteiger partial charge in [0.25, 0.3) is 0 Å². The Bertz CT molecular complexity index is 563. The molecule has 0 aliphatic heterocycles. The van der Waals surface area contributed by atoms with Crippen LogP contribution in [0, 0.1) is 6.92 Å². The van der Waals surface area contributed by atoms with Crippen molar-refractivity contribution in [1.82, 2.24) is 9.97 Å². The summed E-state index contributed by atoms with van der Waals surface area (Å²) in [6.45, 7) is 1.59. The molecule has 0 radical (unpaired) electrons. The lowest BCUT2D eigenvalue weighted by atomic mass is 10.0. The van der Waals surface area contributed by atoms with E-state index in [1.165, 1.54) is 0 Å². The first-order valence-corrected chi connectivity index (χ1v) is 6.58. The van der Waals surface area contributed by atoms with Gasteiger partial charge < -0.3 is 15.5 Å². The Morgan fingerprint density at radius 3 is 2.55 bits per heavy atom. The van der Waals surface area contributed by atoms with E-state index in [4.69, 9.17) is 11.6 Å². The Morgan fingerprint density at radius 2 is 1.95 bits per heavy atom. The second-order valence-corrected chi connectivity index (χ2v) is 4.89. The molecule has 1 aromatic carbocycles. The summed E-state index contributed by atoms with van der Waals surface area (Å²) < 4.78 is 0. The molecule has 0 fully saturated rings. The quantitative estimate of drug-likeness (QED) is 0.785. The molecule has 0 bridgehead atoms.